The summed E-state index contributed by atoms with van der Waals surface area (Å²) >= 11 is 0. The van der Waals surface area contributed by atoms with Crippen molar-refractivity contribution in [3.63, 3.8) is 0 Å². The van der Waals surface area contributed by atoms with Crippen molar-refractivity contribution >= 4 is 18.2 Å². The fourth-order valence-corrected chi connectivity index (χ4v) is 1.64. The Balaban J connectivity index is 0.00000169. The van der Waals surface area contributed by atoms with Gasteiger partial charge < -0.3 is 4.74 Å². The summed E-state index contributed by atoms with van der Waals surface area (Å²) in [4.78, 5) is 13.5. The summed E-state index contributed by atoms with van der Waals surface area (Å²) < 4.78 is 5.27. The number of halogens is 1. The molecule has 3 nitrogen and oxygen atoms in total. The van der Waals surface area contributed by atoms with Crippen LogP contribution in [0.3, 0.4) is 0 Å². The average Bonchev–Trinajstić information content (AvgIpc) is 2.12. The Bertz CT molecular complexity index is 176. The molecule has 0 aromatic rings. The normalized spacial score (nSPS) is 23.3. The van der Waals surface area contributed by atoms with Gasteiger partial charge in [0.2, 0.25) is 0 Å². The lowest BCUT2D eigenvalue weighted by atomic mass is 9.99. The van der Waals surface area contributed by atoms with Crippen molar-refractivity contribution in [2.24, 2.45) is 5.92 Å². The highest BCUT2D eigenvalue weighted by molar-refractivity contribution is 5.85. The summed E-state index contributed by atoms with van der Waals surface area (Å²) in [7, 11) is 0. The summed E-state index contributed by atoms with van der Waals surface area (Å²) in [6, 6.07) is 0. The number of likely N-dealkylation sites (tertiary alicyclic amines) is 1. The van der Waals surface area contributed by atoms with Crippen LogP contribution >= 0.6 is 12.4 Å². The zero-order valence-corrected chi connectivity index (χ0v) is 9.81. The quantitative estimate of drug-likeness (QED) is 0.672. The minimum atomic E-state index is 0. The average molecular weight is 222 g/mol. The van der Waals surface area contributed by atoms with Crippen molar-refractivity contribution in [2.75, 3.05) is 32.8 Å². The number of ether oxygens (including phenoxy) is 1. The fourth-order valence-electron chi connectivity index (χ4n) is 1.64. The molecule has 0 aromatic heterocycles. The SMILES string of the molecule is CCOCCN1CCC(=O)C(C)C1.Cl. The first kappa shape index (κ1) is 13.9. The Morgan fingerprint density at radius 3 is 2.86 bits per heavy atom. The van der Waals surface area contributed by atoms with Gasteiger partial charge in [0.15, 0.2) is 0 Å². The smallest absolute Gasteiger partial charge is 0.138 e. The van der Waals surface area contributed by atoms with E-state index in [1.807, 2.05) is 13.8 Å². The van der Waals surface area contributed by atoms with Crippen LogP contribution in [0.5, 0.6) is 0 Å². The molecule has 0 spiro atoms. The molecule has 0 radical (unpaired) electrons. The van der Waals surface area contributed by atoms with Crippen LogP contribution < -0.4 is 0 Å². The predicted octanol–water partition coefficient (Wildman–Crippen LogP) is 1.36. The molecule has 4 heteroatoms. The highest BCUT2D eigenvalue weighted by atomic mass is 35.5. The van der Waals surface area contributed by atoms with Crippen molar-refractivity contribution in [3.05, 3.63) is 0 Å². The van der Waals surface area contributed by atoms with E-state index >= 15 is 0 Å². The Morgan fingerprint density at radius 1 is 1.57 bits per heavy atom. The Morgan fingerprint density at radius 2 is 2.29 bits per heavy atom. The van der Waals surface area contributed by atoms with Gasteiger partial charge in [-0.1, -0.05) is 6.92 Å². The minimum absolute atomic E-state index is 0. The summed E-state index contributed by atoms with van der Waals surface area (Å²) in [6.45, 7) is 8.37. The number of Topliss-reactive ketones (excluding diaryl/α,β-unsaturated/α-hetero) is 1. The number of carbonyl (C=O) groups excluding carboxylic acids is 1. The third-order valence-corrected chi connectivity index (χ3v) is 2.51. The Labute approximate surface area is 92.2 Å². The van der Waals surface area contributed by atoms with Gasteiger partial charge >= 0.3 is 0 Å². The zero-order chi connectivity index (χ0) is 9.68. The van der Waals surface area contributed by atoms with Gasteiger partial charge in [-0.25, -0.2) is 0 Å². The molecule has 0 aliphatic carbocycles. The second kappa shape index (κ2) is 7.21. The molecule has 0 saturated carbocycles. The summed E-state index contributed by atoms with van der Waals surface area (Å²) in [5.74, 6) is 0.628. The molecule has 1 saturated heterocycles. The van der Waals surface area contributed by atoms with Crippen molar-refractivity contribution in [1.82, 2.24) is 4.90 Å². The van der Waals surface area contributed by atoms with Gasteiger partial charge in [-0.3, -0.25) is 9.69 Å². The first-order valence-corrected chi connectivity index (χ1v) is 5.07. The second-order valence-corrected chi connectivity index (χ2v) is 3.61. The molecule has 14 heavy (non-hydrogen) atoms. The van der Waals surface area contributed by atoms with Crippen LogP contribution in [-0.4, -0.2) is 43.5 Å². The largest absolute Gasteiger partial charge is 0.380 e. The molecule has 1 aliphatic heterocycles. The van der Waals surface area contributed by atoms with Crippen LogP contribution in [0.4, 0.5) is 0 Å². The van der Waals surface area contributed by atoms with Crippen molar-refractivity contribution in [1.29, 1.82) is 0 Å². The van der Waals surface area contributed by atoms with Crippen LogP contribution in [-0.2, 0) is 9.53 Å². The molecule has 0 N–H and O–H groups in total. The summed E-state index contributed by atoms with van der Waals surface area (Å²) in [6.07, 6.45) is 0.716. The van der Waals surface area contributed by atoms with Gasteiger partial charge in [0.25, 0.3) is 0 Å². The molecule has 1 rings (SSSR count). The van der Waals surface area contributed by atoms with Crippen LogP contribution in [0.2, 0.25) is 0 Å². The molecule has 1 aliphatic rings. The first-order chi connectivity index (χ1) is 6.24. The summed E-state index contributed by atoms with van der Waals surface area (Å²) in [5, 5.41) is 0. The van der Waals surface area contributed by atoms with E-state index in [1.54, 1.807) is 0 Å². The van der Waals surface area contributed by atoms with Gasteiger partial charge in [-0.15, -0.1) is 12.4 Å². The van der Waals surface area contributed by atoms with Crippen LogP contribution in [0.1, 0.15) is 20.3 Å². The third-order valence-electron chi connectivity index (χ3n) is 2.51. The molecule has 0 bridgehead atoms. The lowest BCUT2D eigenvalue weighted by Crippen LogP contribution is -2.41. The Hall–Kier alpha value is -0.120. The molecule has 1 unspecified atom stereocenters. The van der Waals surface area contributed by atoms with Crippen molar-refractivity contribution in [2.45, 2.75) is 20.3 Å². The van der Waals surface area contributed by atoms with Gasteiger partial charge in [0.1, 0.15) is 5.78 Å². The fraction of sp³-hybridized carbons (Fsp3) is 0.900. The lowest BCUT2D eigenvalue weighted by molar-refractivity contribution is -0.125. The molecule has 1 heterocycles. The topological polar surface area (TPSA) is 29.5 Å². The van der Waals surface area contributed by atoms with Gasteiger partial charge in [-0.05, 0) is 6.92 Å². The van der Waals surface area contributed by atoms with Crippen LogP contribution in [0, 0.1) is 5.92 Å². The molecule has 1 fully saturated rings. The number of hydrogen-bond donors (Lipinski definition) is 0. The molecular formula is C10H20ClNO2. The molecule has 0 aromatic carbocycles. The Kier molecular flexibility index (Phi) is 7.15. The number of rotatable bonds is 4. The minimum Gasteiger partial charge on any atom is -0.380 e. The maximum Gasteiger partial charge on any atom is 0.138 e. The first-order valence-electron chi connectivity index (χ1n) is 5.07. The number of carbonyl (C=O) groups is 1. The monoisotopic (exact) mass is 221 g/mol. The molecule has 0 amide bonds. The highest BCUT2D eigenvalue weighted by Crippen LogP contribution is 2.11. The van der Waals surface area contributed by atoms with Crippen molar-refractivity contribution < 1.29 is 9.53 Å². The highest BCUT2D eigenvalue weighted by Gasteiger charge is 2.22. The van der Waals surface area contributed by atoms with E-state index in [-0.39, 0.29) is 18.3 Å². The van der Waals surface area contributed by atoms with E-state index in [0.717, 1.165) is 32.8 Å². The van der Waals surface area contributed by atoms with Crippen molar-refractivity contribution in [3.8, 4) is 0 Å². The van der Waals surface area contributed by atoms with Gasteiger partial charge in [0, 0.05) is 38.6 Å². The van der Waals surface area contributed by atoms with E-state index in [2.05, 4.69) is 4.90 Å². The number of ketones is 1. The number of piperidine rings is 1. The maximum absolute atomic E-state index is 11.2. The maximum atomic E-state index is 11.2. The number of nitrogens with zero attached hydrogens (tertiary/aromatic N) is 1. The second-order valence-electron chi connectivity index (χ2n) is 3.61. The van der Waals surface area contributed by atoms with E-state index in [0.29, 0.717) is 12.2 Å². The lowest BCUT2D eigenvalue weighted by Gasteiger charge is -2.29. The van der Waals surface area contributed by atoms with Gasteiger partial charge in [0.05, 0.1) is 6.61 Å². The third kappa shape index (κ3) is 4.40. The number of hydrogen-bond acceptors (Lipinski definition) is 3. The molecule has 84 valence electrons. The summed E-state index contributed by atoms with van der Waals surface area (Å²) in [5.41, 5.74) is 0. The molecular weight excluding hydrogens is 202 g/mol. The van der Waals surface area contributed by atoms with Crippen LogP contribution in [0.15, 0.2) is 0 Å². The van der Waals surface area contributed by atoms with Gasteiger partial charge in [-0.2, -0.15) is 0 Å². The standard InChI is InChI=1S/C10H19NO2.ClH/c1-3-13-7-6-11-5-4-10(12)9(2)8-11;/h9H,3-8H2,1-2H3;1H. The molecule has 1 atom stereocenters. The van der Waals surface area contributed by atoms with Crippen LogP contribution in [0.25, 0.3) is 0 Å². The zero-order valence-electron chi connectivity index (χ0n) is 8.99. The predicted molar refractivity (Wildman–Crippen MR) is 59.0 cm³/mol. The van der Waals surface area contributed by atoms with E-state index in [4.69, 9.17) is 4.74 Å². The van der Waals surface area contributed by atoms with E-state index in [1.165, 1.54) is 0 Å². The van der Waals surface area contributed by atoms with E-state index in [9.17, 15) is 4.79 Å². The van der Waals surface area contributed by atoms with E-state index < -0.39 is 0 Å².